The molecular formula is C28H43N3O5. The van der Waals surface area contributed by atoms with Crippen molar-refractivity contribution in [3.8, 4) is 5.75 Å². The molecule has 200 valence electrons. The lowest BCUT2D eigenvalue weighted by atomic mass is 10.0. The Kier molecular flexibility index (Phi) is 12.5. The molecule has 1 saturated heterocycles. The minimum absolute atomic E-state index is 0.0450. The van der Waals surface area contributed by atoms with Gasteiger partial charge in [0, 0.05) is 37.3 Å². The topological polar surface area (TPSA) is 94.3 Å². The number of likely N-dealkylation sites (tertiary alicyclic amines) is 1. The van der Waals surface area contributed by atoms with E-state index in [9.17, 15) is 9.59 Å². The van der Waals surface area contributed by atoms with Crippen LogP contribution in [0.3, 0.4) is 0 Å². The zero-order chi connectivity index (χ0) is 26.5. The highest BCUT2D eigenvalue weighted by atomic mass is 16.6. The molecule has 2 N–H and O–H groups in total. The van der Waals surface area contributed by atoms with E-state index in [4.69, 9.17) is 19.9 Å². The van der Waals surface area contributed by atoms with Crippen molar-refractivity contribution in [1.82, 2.24) is 9.80 Å². The summed E-state index contributed by atoms with van der Waals surface area (Å²) in [6.45, 7) is 13.3. The van der Waals surface area contributed by atoms with E-state index in [1.165, 1.54) is 6.20 Å². The van der Waals surface area contributed by atoms with Gasteiger partial charge in [-0.2, -0.15) is 0 Å². The van der Waals surface area contributed by atoms with Gasteiger partial charge in [-0.1, -0.05) is 32.0 Å². The lowest BCUT2D eigenvalue weighted by molar-refractivity contribution is -0.145. The molecule has 0 saturated carbocycles. The number of allylic oxidation sites excluding steroid dienone is 2. The number of ether oxygens (including phenoxy) is 3. The predicted molar refractivity (Wildman–Crippen MR) is 141 cm³/mol. The molecule has 8 heteroatoms. The summed E-state index contributed by atoms with van der Waals surface area (Å²) in [6, 6.07) is 8.09. The Hall–Kier alpha value is -2.84. The van der Waals surface area contributed by atoms with Crippen molar-refractivity contribution >= 4 is 11.9 Å². The second-order valence-electron chi connectivity index (χ2n) is 9.09. The predicted octanol–water partition coefficient (Wildman–Crippen LogP) is 3.65. The molecule has 1 aromatic carbocycles. The van der Waals surface area contributed by atoms with Gasteiger partial charge in [0.1, 0.15) is 5.75 Å². The van der Waals surface area contributed by atoms with Gasteiger partial charge in [-0.3, -0.25) is 9.80 Å². The van der Waals surface area contributed by atoms with Crippen LogP contribution in [0.25, 0.3) is 0 Å². The molecule has 36 heavy (non-hydrogen) atoms. The smallest absolute Gasteiger partial charge is 0.344 e. The van der Waals surface area contributed by atoms with Crippen molar-refractivity contribution in [1.29, 1.82) is 0 Å². The van der Waals surface area contributed by atoms with Gasteiger partial charge in [0.2, 0.25) is 0 Å². The Morgan fingerprint density at radius 1 is 1.22 bits per heavy atom. The second kappa shape index (κ2) is 15.3. The Morgan fingerprint density at radius 3 is 2.61 bits per heavy atom. The zero-order valence-corrected chi connectivity index (χ0v) is 22.4. The number of hydrogen-bond acceptors (Lipinski definition) is 8. The maximum Gasteiger partial charge on any atom is 0.344 e. The molecule has 1 aliphatic heterocycles. The molecule has 1 aromatic rings. The number of carbonyl (C=O) groups excluding carboxylic acids is 2. The molecular weight excluding hydrogens is 458 g/mol. The van der Waals surface area contributed by atoms with Gasteiger partial charge in [-0.05, 0) is 64.6 Å². The van der Waals surface area contributed by atoms with Gasteiger partial charge in [0.15, 0.2) is 6.61 Å². The van der Waals surface area contributed by atoms with Crippen LogP contribution in [0.5, 0.6) is 5.75 Å². The van der Waals surface area contributed by atoms with Crippen LogP contribution in [0.2, 0.25) is 0 Å². The lowest BCUT2D eigenvalue weighted by Crippen LogP contribution is -2.41. The van der Waals surface area contributed by atoms with E-state index >= 15 is 0 Å². The second-order valence-corrected chi connectivity index (χ2v) is 9.09. The molecule has 1 unspecified atom stereocenters. The molecule has 8 nitrogen and oxygen atoms in total. The number of nitrogens with two attached hydrogens (primary N) is 1. The fourth-order valence-corrected chi connectivity index (χ4v) is 4.61. The SMILES string of the molecule is CCOC(=O)COc1ccccc1CN(CC)[C@@H]1CCN(C(CC)/C(=C\C=C/N)C(=O)OC(C)C)C1. The first kappa shape index (κ1) is 29.4. The van der Waals surface area contributed by atoms with E-state index < -0.39 is 0 Å². The Bertz CT molecular complexity index is 899. The van der Waals surface area contributed by atoms with Crippen LogP contribution < -0.4 is 10.5 Å². The summed E-state index contributed by atoms with van der Waals surface area (Å²) >= 11 is 0. The van der Waals surface area contributed by atoms with Gasteiger partial charge in [0.25, 0.3) is 0 Å². The molecule has 1 fully saturated rings. The third kappa shape index (κ3) is 8.68. The third-order valence-corrected chi connectivity index (χ3v) is 6.27. The maximum atomic E-state index is 12.9. The summed E-state index contributed by atoms with van der Waals surface area (Å²) in [7, 11) is 0. The van der Waals surface area contributed by atoms with E-state index in [-0.39, 0.29) is 30.7 Å². The molecule has 0 amide bonds. The van der Waals surface area contributed by atoms with Gasteiger partial charge < -0.3 is 19.9 Å². The maximum absolute atomic E-state index is 12.9. The molecule has 0 aliphatic carbocycles. The van der Waals surface area contributed by atoms with Crippen molar-refractivity contribution in [2.45, 2.75) is 72.2 Å². The van der Waals surface area contributed by atoms with Crippen LogP contribution in [0.15, 0.2) is 48.2 Å². The first-order chi connectivity index (χ1) is 17.3. The highest BCUT2D eigenvalue weighted by Gasteiger charge is 2.34. The number of esters is 2. The number of likely N-dealkylation sites (N-methyl/N-ethyl adjacent to an activating group) is 1. The van der Waals surface area contributed by atoms with E-state index in [0.717, 1.165) is 38.0 Å². The van der Waals surface area contributed by atoms with Crippen molar-refractivity contribution < 1.29 is 23.8 Å². The minimum atomic E-state index is -0.374. The Balaban J connectivity index is 2.13. The fraction of sp³-hybridized carbons (Fsp3) is 0.571. The molecule has 1 aliphatic rings. The van der Waals surface area contributed by atoms with Crippen LogP contribution in [-0.4, -0.2) is 72.8 Å². The van der Waals surface area contributed by atoms with Crippen LogP contribution in [0.4, 0.5) is 0 Å². The van der Waals surface area contributed by atoms with E-state index in [1.807, 2.05) is 38.1 Å². The number of para-hydroxylation sites is 1. The normalized spacial score (nSPS) is 17.6. The third-order valence-electron chi connectivity index (χ3n) is 6.27. The summed E-state index contributed by atoms with van der Waals surface area (Å²) in [5, 5.41) is 0. The van der Waals surface area contributed by atoms with Crippen molar-refractivity contribution in [2.24, 2.45) is 5.73 Å². The summed E-state index contributed by atoms with van der Waals surface area (Å²) in [5.74, 6) is 0.0277. The summed E-state index contributed by atoms with van der Waals surface area (Å²) in [5.41, 5.74) is 7.22. The number of benzene rings is 1. The molecule has 0 aromatic heterocycles. The minimum Gasteiger partial charge on any atom is -0.482 e. The number of carbonyl (C=O) groups is 2. The fourth-order valence-electron chi connectivity index (χ4n) is 4.61. The van der Waals surface area contributed by atoms with Gasteiger partial charge in [-0.15, -0.1) is 0 Å². The average molecular weight is 502 g/mol. The molecule has 0 spiro atoms. The number of nitrogens with zero attached hydrogens (tertiary/aromatic N) is 2. The summed E-state index contributed by atoms with van der Waals surface area (Å²) < 4.78 is 16.3. The van der Waals surface area contributed by atoms with Crippen LogP contribution in [0, 0.1) is 0 Å². The van der Waals surface area contributed by atoms with Gasteiger partial charge in [-0.25, -0.2) is 9.59 Å². The van der Waals surface area contributed by atoms with Crippen molar-refractivity contribution in [2.75, 3.05) is 32.8 Å². The molecule has 1 heterocycles. The van der Waals surface area contributed by atoms with Crippen molar-refractivity contribution in [3.63, 3.8) is 0 Å². The quantitative estimate of drug-likeness (QED) is 0.235. The first-order valence-electron chi connectivity index (χ1n) is 13.0. The summed E-state index contributed by atoms with van der Waals surface area (Å²) in [6.07, 6.45) is 6.51. The van der Waals surface area contributed by atoms with Crippen LogP contribution in [-0.2, 0) is 25.6 Å². The largest absolute Gasteiger partial charge is 0.482 e. The van der Waals surface area contributed by atoms with E-state index in [2.05, 4.69) is 23.6 Å². The van der Waals surface area contributed by atoms with Crippen LogP contribution in [0.1, 0.15) is 53.0 Å². The monoisotopic (exact) mass is 501 g/mol. The lowest BCUT2D eigenvalue weighted by Gasteiger charge is -2.31. The van der Waals surface area contributed by atoms with Gasteiger partial charge >= 0.3 is 11.9 Å². The highest BCUT2D eigenvalue weighted by Crippen LogP contribution is 2.27. The highest BCUT2D eigenvalue weighted by molar-refractivity contribution is 5.90. The van der Waals surface area contributed by atoms with Crippen molar-refractivity contribution in [3.05, 3.63) is 53.8 Å². The van der Waals surface area contributed by atoms with E-state index in [1.54, 1.807) is 19.1 Å². The number of rotatable bonds is 14. The zero-order valence-electron chi connectivity index (χ0n) is 22.4. The number of hydrogen-bond donors (Lipinski definition) is 1. The average Bonchev–Trinajstić information content (AvgIpc) is 3.33. The molecule has 2 atom stereocenters. The molecule has 0 bridgehead atoms. The first-order valence-corrected chi connectivity index (χ1v) is 13.0. The molecule has 0 radical (unpaired) electrons. The summed E-state index contributed by atoms with van der Waals surface area (Å²) in [4.78, 5) is 29.4. The van der Waals surface area contributed by atoms with Crippen LogP contribution >= 0.6 is 0 Å². The Labute approximate surface area is 216 Å². The van der Waals surface area contributed by atoms with Gasteiger partial charge in [0.05, 0.1) is 18.3 Å². The van der Waals surface area contributed by atoms with E-state index in [0.29, 0.717) is 30.5 Å². The standard InChI is InChI=1S/C28H43N3O5/c1-6-25(24(13-11-16-29)28(33)36-21(4)5)31-17-15-23(19-31)30(7-2)18-22-12-9-10-14-26(22)35-20-27(32)34-8-3/h9-14,16,21,23,25H,6-8,15,17-20,29H2,1-5H3/b16-11-,24-13+/t23-,25?/m1/s1. The molecule has 2 rings (SSSR count). The Morgan fingerprint density at radius 2 is 1.97 bits per heavy atom.